The smallest absolute Gasteiger partial charge is 0.264 e. The van der Waals surface area contributed by atoms with Crippen molar-refractivity contribution >= 4 is 33.2 Å². The Labute approximate surface area is 193 Å². The quantitative estimate of drug-likeness (QED) is 0.576. The fraction of sp³-hybridized carbons (Fsp3) is 0.200. The summed E-state index contributed by atoms with van der Waals surface area (Å²) in [5.74, 6) is -0.186. The lowest BCUT2D eigenvalue weighted by Crippen LogP contribution is -2.26. The number of likely N-dealkylation sites (tertiary alicyclic amines) is 1. The van der Waals surface area contributed by atoms with Gasteiger partial charge in [0, 0.05) is 37.8 Å². The molecular weight excluding hydrogens is 438 g/mol. The van der Waals surface area contributed by atoms with Crippen LogP contribution in [0, 0.1) is 0 Å². The first-order chi connectivity index (χ1) is 15.8. The van der Waals surface area contributed by atoms with Crippen molar-refractivity contribution in [1.29, 1.82) is 0 Å². The van der Waals surface area contributed by atoms with Gasteiger partial charge in [0.1, 0.15) is 0 Å². The minimum Gasteiger partial charge on any atom is -0.338 e. The topological polar surface area (TPSA) is 86.8 Å². The minimum absolute atomic E-state index is 0.0808. The predicted octanol–water partition coefficient (Wildman–Crippen LogP) is 3.89. The molecule has 1 heterocycles. The molecule has 1 fully saturated rings. The van der Waals surface area contributed by atoms with Crippen molar-refractivity contribution < 1.29 is 18.0 Å². The third kappa shape index (κ3) is 5.06. The Morgan fingerprint density at radius 3 is 2.39 bits per heavy atom. The highest BCUT2D eigenvalue weighted by Gasteiger charge is 2.22. The van der Waals surface area contributed by atoms with Crippen LogP contribution in [0.3, 0.4) is 0 Å². The summed E-state index contributed by atoms with van der Waals surface area (Å²) in [6, 6.07) is 22.0. The number of nitrogens with zero attached hydrogens (tertiary/aromatic N) is 2. The SMILES string of the molecule is CN(c1ccccc1)S(=O)(=O)c1cccc(NC(=O)c2ccc(CN3CCCC3=O)cc2)c1. The van der Waals surface area contributed by atoms with Crippen molar-refractivity contribution in [3.05, 3.63) is 90.0 Å². The van der Waals surface area contributed by atoms with Crippen LogP contribution in [0.25, 0.3) is 0 Å². The lowest BCUT2D eigenvalue weighted by atomic mass is 10.1. The molecule has 7 nitrogen and oxygen atoms in total. The molecule has 0 spiro atoms. The van der Waals surface area contributed by atoms with Gasteiger partial charge < -0.3 is 10.2 Å². The van der Waals surface area contributed by atoms with E-state index in [1.165, 1.54) is 23.5 Å². The summed E-state index contributed by atoms with van der Waals surface area (Å²) >= 11 is 0. The molecule has 0 radical (unpaired) electrons. The largest absolute Gasteiger partial charge is 0.338 e. The molecule has 3 aromatic carbocycles. The monoisotopic (exact) mass is 463 g/mol. The van der Waals surface area contributed by atoms with Gasteiger partial charge in [0.25, 0.3) is 15.9 Å². The van der Waals surface area contributed by atoms with Crippen molar-refractivity contribution in [2.24, 2.45) is 0 Å². The molecule has 0 atom stereocenters. The lowest BCUT2D eigenvalue weighted by molar-refractivity contribution is -0.128. The van der Waals surface area contributed by atoms with Gasteiger partial charge in [-0.25, -0.2) is 8.42 Å². The number of sulfonamides is 1. The zero-order valence-corrected chi connectivity index (χ0v) is 19.1. The zero-order chi connectivity index (χ0) is 23.4. The third-order valence-corrected chi connectivity index (χ3v) is 7.41. The molecule has 0 saturated carbocycles. The van der Waals surface area contributed by atoms with Crippen LogP contribution in [-0.2, 0) is 21.4 Å². The van der Waals surface area contributed by atoms with E-state index in [1.54, 1.807) is 48.5 Å². The van der Waals surface area contributed by atoms with Gasteiger partial charge in [0.05, 0.1) is 10.6 Å². The Hall–Kier alpha value is -3.65. The molecule has 0 bridgehead atoms. The summed E-state index contributed by atoms with van der Waals surface area (Å²) in [7, 11) is -2.29. The van der Waals surface area contributed by atoms with E-state index in [4.69, 9.17) is 0 Å². The fourth-order valence-corrected chi connectivity index (χ4v) is 4.97. The summed E-state index contributed by atoms with van der Waals surface area (Å²) in [6.07, 6.45) is 1.48. The number of rotatable bonds is 7. The normalized spacial score (nSPS) is 13.7. The van der Waals surface area contributed by atoms with Crippen molar-refractivity contribution in [3.8, 4) is 0 Å². The van der Waals surface area contributed by atoms with E-state index in [9.17, 15) is 18.0 Å². The second-order valence-electron chi connectivity index (χ2n) is 7.91. The van der Waals surface area contributed by atoms with E-state index in [1.807, 2.05) is 23.1 Å². The molecular formula is C25H25N3O4S. The number of anilines is 2. The maximum atomic E-state index is 13.0. The molecule has 33 heavy (non-hydrogen) atoms. The van der Waals surface area contributed by atoms with Gasteiger partial charge in [0.15, 0.2) is 0 Å². The molecule has 0 aliphatic carbocycles. The first-order valence-corrected chi connectivity index (χ1v) is 12.1. The van der Waals surface area contributed by atoms with Crippen LogP contribution in [0.15, 0.2) is 83.8 Å². The van der Waals surface area contributed by atoms with Gasteiger partial charge in [-0.05, 0) is 54.4 Å². The number of benzene rings is 3. The van der Waals surface area contributed by atoms with Gasteiger partial charge in [-0.1, -0.05) is 36.4 Å². The third-order valence-electron chi connectivity index (χ3n) is 5.63. The number of hydrogen-bond acceptors (Lipinski definition) is 4. The number of amides is 2. The number of carbonyl (C=O) groups is 2. The van der Waals surface area contributed by atoms with E-state index >= 15 is 0 Å². The summed E-state index contributed by atoms with van der Waals surface area (Å²) in [6.45, 7) is 1.30. The van der Waals surface area contributed by atoms with Crippen molar-refractivity contribution in [2.75, 3.05) is 23.2 Å². The van der Waals surface area contributed by atoms with Crippen molar-refractivity contribution in [2.45, 2.75) is 24.3 Å². The van der Waals surface area contributed by atoms with Crippen molar-refractivity contribution in [1.82, 2.24) is 4.90 Å². The Kier molecular flexibility index (Phi) is 6.46. The molecule has 1 saturated heterocycles. The molecule has 2 amide bonds. The second-order valence-corrected chi connectivity index (χ2v) is 9.88. The van der Waals surface area contributed by atoms with E-state index < -0.39 is 10.0 Å². The molecule has 0 aromatic heterocycles. The maximum Gasteiger partial charge on any atom is 0.264 e. The molecule has 1 N–H and O–H groups in total. The van der Waals surface area contributed by atoms with E-state index in [0.717, 1.165) is 18.5 Å². The molecule has 0 unspecified atom stereocenters. The molecule has 4 rings (SSSR count). The Balaban J connectivity index is 1.46. The summed E-state index contributed by atoms with van der Waals surface area (Å²) < 4.78 is 27.3. The van der Waals surface area contributed by atoms with Crippen LogP contribution in [-0.4, -0.2) is 38.7 Å². The number of para-hydroxylation sites is 1. The highest BCUT2D eigenvalue weighted by Crippen LogP contribution is 2.24. The number of carbonyl (C=O) groups excluding carboxylic acids is 2. The minimum atomic E-state index is -3.79. The van der Waals surface area contributed by atoms with Crippen LogP contribution in [0.4, 0.5) is 11.4 Å². The molecule has 170 valence electrons. The standard InChI is InChI=1S/C25H25N3O4S/c1-27(22-8-3-2-4-9-22)33(31,32)23-10-5-7-21(17-23)26-25(30)20-14-12-19(13-15-20)18-28-16-6-11-24(28)29/h2-5,7-10,12-15,17H,6,11,16,18H2,1H3,(H,26,30). The second kappa shape index (κ2) is 9.46. The van der Waals surface area contributed by atoms with Crippen LogP contribution >= 0.6 is 0 Å². The average Bonchev–Trinajstić information content (AvgIpc) is 3.24. The maximum absolute atomic E-state index is 13.0. The molecule has 8 heteroatoms. The van der Waals surface area contributed by atoms with E-state index in [2.05, 4.69) is 5.32 Å². The zero-order valence-electron chi connectivity index (χ0n) is 18.3. The Bertz CT molecular complexity index is 1260. The van der Waals surface area contributed by atoms with Crippen LogP contribution in [0.2, 0.25) is 0 Å². The van der Waals surface area contributed by atoms with Gasteiger partial charge in [-0.3, -0.25) is 13.9 Å². The van der Waals surface area contributed by atoms with Gasteiger partial charge in [-0.15, -0.1) is 0 Å². The predicted molar refractivity (Wildman–Crippen MR) is 128 cm³/mol. The average molecular weight is 464 g/mol. The summed E-state index contributed by atoms with van der Waals surface area (Å²) in [4.78, 5) is 26.4. The molecule has 3 aromatic rings. The highest BCUT2D eigenvalue weighted by molar-refractivity contribution is 7.92. The molecule has 1 aliphatic heterocycles. The van der Waals surface area contributed by atoms with Gasteiger partial charge >= 0.3 is 0 Å². The fourth-order valence-electron chi connectivity index (χ4n) is 3.73. The summed E-state index contributed by atoms with van der Waals surface area (Å²) in [5.41, 5.74) is 2.33. The summed E-state index contributed by atoms with van der Waals surface area (Å²) in [5, 5.41) is 2.76. The number of nitrogens with one attached hydrogen (secondary N) is 1. The van der Waals surface area contributed by atoms with Crippen LogP contribution in [0.5, 0.6) is 0 Å². The Morgan fingerprint density at radius 2 is 1.73 bits per heavy atom. The van der Waals surface area contributed by atoms with Crippen molar-refractivity contribution in [3.63, 3.8) is 0 Å². The Morgan fingerprint density at radius 1 is 1.00 bits per heavy atom. The van der Waals surface area contributed by atoms with E-state index in [-0.39, 0.29) is 16.7 Å². The van der Waals surface area contributed by atoms with Gasteiger partial charge in [0.2, 0.25) is 5.91 Å². The first kappa shape index (κ1) is 22.5. The van der Waals surface area contributed by atoms with Gasteiger partial charge in [-0.2, -0.15) is 0 Å². The first-order valence-electron chi connectivity index (χ1n) is 10.7. The van der Waals surface area contributed by atoms with Crippen LogP contribution < -0.4 is 9.62 Å². The van der Waals surface area contributed by atoms with Crippen LogP contribution in [0.1, 0.15) is 28.8 Å². The lowest BCUT2D eigenvalue weighted by Gasteiger charge is -2.20. The molecule has 1 aliphatic rings. The number of hydrogen-bond donors (Lipinski definition) is 1. The highest BCUT2D eigenvalue weighted by atomic mass is 32.2. The van der Waals surface area contributed by atoms with E-state index in [0.29, 0.717) is 29.9 Å².